The van der Waals surface area contributed by atoms with Gasteiger partial charge in [0.2, 0.25) is 0 Å². The van der Waals surface area contributed by atoms with Crippen molar-refractivity contribution in [1.29, 1.82) is 0 Å². The molecule has 4 heteroatoms. The zero-order valence-electron chi connectivity index (χ0n) is 11.4. The first-order chi connectivity index (χ1) is 9.13. The van der Waals surface area contributed by atoms with Crippen molar-refractivity contribution in [1.82, 2.24) is 4.90 Å². The molecule has 1 aliphatic heterocycles. The van der Waals surface area contributed by atoms with E-state index >= 15 is 0 Å². The average Bonchev–Trinajstić information content (AvgIpc) is 2.56. The van der Waals surface area contributed by atoms with Gasteiger partial charge in [0.15, 0.2) is 0 Å². The number of nitrogens with two attached hydrogens (primary N) is 1. The first-order valence-electron chi connectivity index (χ1n) is 7.08. The van der Waals surface area contributed by atoms with Crippen molar-refractivity contribution in [3.05, 3.63) is 32.7 Å². The van der Waals surface area contributed by atoms with Gasteiger partial charge in [0.05, 0.1) is 0 Å². The highest BCUT2D eigenvalue weighted by Gasteiger charge is 2.28. The highest BCUT2D eigenvalue weighted by atomic mass is 79.9. The van der Waals surface area contributed by atoms with Crippen LogP contribution >= 0.6 is 31.9 Å². The molecule has 0 aromatic heterocycles. The van der Waals surface area contributed by atoms with Gasteiger partial charge in [0, 0.05) is 21.0 Å². The molecular formula is C15H22Br2N2. The fraction of sp³-hybridized carbons (Fsp3) is 0.600. The Bertz CT molecular complexity index is 423. The lowest BCUT2D eigenvalue weighted by atomic mass is 9.96. The molecule has 2 atom stereocenters. The summed E-state index contributed by atoms with van der Waals surface area (Å²) in [6, 6.07) is 7.12. The van der Waals surface area contributed by atoms with E-state index < -0.39 is 0 Å². The number of benzene rings is 1. The minimum atomic E-state index is 0.238. The van der Waals surface area contributed by atoms with E-state index in [-0.39, 0.29) is 6.04 Å². The standard InChI is InChI=1S/C15H22Br2N2/c1-2-8-19-9-4-3-5-14(18)15(19)11-6-7-12(16)13(17)10-11/h6-7,10,14-15H,2-5,8-9,18H2,1H3. The van der Waals surface area contributed by atoms with Crippen LogP contribution in [0.2, 0.25) is 0 Å². The third-order valence-corrected chi connectivity index (χ3v) is 5.71. The maximum atomic E-state index is 6.45. The Balaban J connectivity index is 2.31. The van der Waals surface area contributed by atoms with Gasteiger partial charge >= 0.3 is 0 Å². The second kappa shape index (κ2) is 7.21. The van der Waals surface area contributed by atoms with E-state index in [0.29, 0.717) is 6.04 Å². The Morgan fingerprint density at radius 1 is 1.26 bits per heavy atom. The van der Waals surface area contributed by atoms with E-state index in [4.69, 9.17) is 5.73 Å². The van der Waals surface area contributed by atoms with Gasteiger partial charge in [0.1, 0.15) is 0 Å². The van der Waals surface area contributed by atoms with Crippen molar-refractivity contribution in [3.8, 4) is 0 Å². The van der Waals surface area contributed by atoms with Crippen molar-refractivity contribution >= 4 is 31.9 Å². The van der Waals surface area contributed by atoms with Gasteiger partial charge in [-0.05, 0) is 81.9 Å². The monoisotopic (exact) mass is 388 g/mol. The van der Waals surface area contributed by atoms with Crippen LogP contribution in [0, 0.1) is 0 Å². The Morgan fingerprint density at radius 2 is 2.05 bits per heavy atom. The molecular weight excluding hydrogens is 368 g/mol. The summed E-state index contributed by atoms with van der Waals surface area (Å²) >= 11 is 7.14. The quantitative estimate of drug-likeness (QED) is 0.825. The molecule has 1 aliphatic rings. The largest absolute Gasteiger partial charge is 0.326 e. The fourth-order valence-corrected chi connectivity index (χ4v) is 3.60. The van der Waals surface area contributed by atoms with Gasteiger partial charge in [-0.15, -0.1) is 0 Å². The van der Waals surface area contributed by atoms with Crippen molar-refractivity contribution < 1.29 is 0 Å². The predicted molar refractivity (Wildman–Crippen MR) is 88.3 cm³/mol. The zero-order valence-corrected chi connectivity index (χ0v) is 14.6. The summed E-state index contributed by atoms with van der Waals surface area (Å²) in [5.41, 5.74) is 7.78. The molecule has 0 amide bonds. The van der Waals surface area contributed by atoms with Crippen molar-refractivity contribution in [2.24, 2.45) is 5.73 Å². The predicted octanol–water partition coefficient (Wildman–Crippen LogP) is 4.48. The van der Waals surface area contributed by atoms with E-state index in [1.54, 1.807) is 0 Å². The Hall–Kier alpha value is 0.1000. The van der Waals surface area contributed by atoms with Crippen LogP contribution in [-0.2, 0) is 0 Å². The molecule has 1 aromatic carbocycles. The average molecular weight is 390 g/mol. The van der Waals surface area contributed by atoms with Crippen LogP contribution in [0.3, 0.4) is 0 Å². The van der Waals surface area contributed by atoms with E-state index in [2.05, 4.69) is 61.9 Å². The smallest absolute Gasteiger partial charge is 0.0499 e. The zero-order chi connectivity index (χ0) is 13.8. The van der Waals surface area contributed by atoms with E-state index in [0.717, 1.165) is 21.9 Å². The van der Waals surface area contributed by atoms with Crippen molar-refractivity contribution in [2.45, 2.75) is 44.7 Å². The summed E-state index contributed by atoms with van der Waals surface area (Å²) in [7, 11) is 0. The van der Waals surface area contributed by atoms with Crippen LogP contribution in [0.4, 0.5) is 0 Å². The topological polar surface area (TPSA) is 29.3 Å². The molecule has 2 rings (SSSR count). The first kappa shape index (κ1) is 15.5. The normalized spacial score (nSPS) is 25.3. The molecule has 0 saturated carbocycles. The van der Waals surface area contributed by atoms with E-state index in [1.807, 2.05) is 0 Å². The van der Waals surface area contributed by atoms with Gasteiger partial charge in [-0.25, -0.2) is 0 Å². The van der Waals surface area contributed by atoms with Gasteiger partial charge in [-0.2, -0.15) is 0 Å². The number of rotatable bonds is 3. The molecule has 2 unspecified atom stereocenters. The molecule has 0 bridgehead atoms. The minimum absolute atomic E-state index is 0.238. The Kier molecular flexibility index (Phi) is 5.87. The van der Waals surface area contributed by atoms with Gasteiger partial charge in [0.25, 0.3) is 0 Å². The molecule has 1 fully saturated rings. The number of likely N-dealkylation sites (tertiary alicyclic amines) is 1. The molecule has 0 spiro atoms. The highest BCUT2D eigenvalue weighted by molar-refractivity contribution is 9.13. The molecule has 106 valence electrons. The first-order valence-corrected chi connectivity index (χ1v) is 8.66. The third kappa shape index (κ3) is 3.81. The summed E-state index contributed by atoms with van der Waals surface area (Å²) < 4.78 is 2.21. The van der Waals surface area contributed by atoms with Crippen LogP contribution in [0.1, 0.15) is 44.2 Å². The van der Waals surface area contributed by atoms with Crippen molar-refractivity contribution in [2.75, 3.05) is 13.1 Å². The maximum Gasteiger partial charge on any atom is 0.0499 e. The molecule has 0 aliphatic carbocycles. The van der Waals surface area contributed by atoms with E-state index in [9.17, 15) is 0 Å². The molecule has 1 heterocycles. The van der Waals surface area contributed by atoms with Crippen LogP contribution in [-0.4, -0.2) is 24.0 Å². The molecule has 1 aromatic rings. The lowest BCUT2D eigenvalue weighted by Crippen LogP contribution is -2.40. The van der Waals surface area contributed by atoms with Crippen LogP contribution in [0.5, 0.6) is 0 Å². The van der Waals surface area contributed by atoms with Gasteiger partial charge in [-0.3, -0.25) is 4.90 Å². The third-order valence-electron chi connectivity index (χ3n) is 3.83. The number of nitrogens with zero attached hydrogens (tertiary/aromatic N) is 1. The van der Waals surface area contributed by atoms with Gasteiger partial charge in [-0.1, -0.05) is 19.4 Å². The molecule has 19 heavy (non-hydrogen) atoms. The van der Waals surface area contributed by atoms with Crippen LogP contribution in [0.25, 0.3) is 0 Å². The molecule has 1 saturated heterocycles. The van der Waals surface area contributed by atoms with Crippen molar-refractivity contribution in [3.63, 3.8) is 0 Å². The Labute approximate surface area is 133 Å². The minimum Gasteiger partial charge on any atom is -0.326 e. The van der Waals surface area contributed by atoms with Gasteiger partial charge < -0.3 is 5.73 Å². The summed E-state index contributed by atoms with van der Waals surface area (Å²) in [5.74, 6) is 0. The highest BCUT2D eigenvalue weighted by Crippen LogP contribution is 2.33. The number of hydrogen-bond acceptors (Lipinski definition) is 2. The van der Waals surface area contributed by atoms with Crippen LogP contribution < -0.4 is 5.73 Å². The molecule has 0 radical (unpaired) electrons. The lowest BCUT2D eigenvalue weighted by Gasteiger charge is -2.33. The molecule has 2 nitrogen and oxygen atoms in total. The summed E-state index contributed by atoms with van der Waals surface area (Å²) in [6.07, 6.45) is 4.82. The summed E-state index contributed by atoms with van der Waals surface area (Å²) in [5, 5.41) is 0. The SMILES string of the molecule is CCCN1CCCCC(N)C1c1ccc(Br)c(Br)c1. The summed E-state index contributed by atoms with van der Waals surface area (Å²) in [6.45, 7) is 4.54. The maximum absolute atomic E-state index is 6.45. The molecule has 2 N–H and O–H groups in total. The lowest BCUT2D eigenvalue weighted by molar-refractivity contribution is 0.186. The van der Waals surface area contributed by atoms with Crippen LogP contribution in [0.15, 0.2) is 27.1 Å². The number of halogens is 2. The number of hydrogen-bond donors (Lipinski definition) is 1. The Morgan fingerprint density at radius 3 is 2.74 bits per heavy atom. The second-order valence-electron chi connectivity index (χ2n) is 5.31. The summed E-state index contributed by atoms with van der Waals surface area (Å²) in [4.78, 5) is 2.56. The second-order valence-corrected chi connectivity index (χ2v) is 7.02. The van der Waals surface area contributed by atoms with E-state index in [1.165, 1.54) is 31.4 Å². The fourth-order valence-electron chi connectivity index (χ4n) is 2.96.